The molecule has 48 heavy (non-hydrogen) atoms. The van der Waals surface area contributed by atoms with Gasteiger partial charge in [0.25, 0.3) is 5.91 Å². The standard InChI is InChI=1S/C34H42ClF3N6O4/c35-27-19-22(18-26(30(27)39)34(36,37)38)20-29(31(45)42-14-8-24(9-15-42)41-12-4-1-5-13-41)48-33(47)43-16-10-25(11-17-43)44-21-23-6-2-3-7-28(23)40-32(44)46/h2-3,6-7,18-19,24-25,29H,1,4-5,8-17,20-21,39H2,(H,40,46)/t29-/m1/s1. The Hall–Kier alpha value is -3.71. The lowest BCUT2D eigenvalue weighted by atomic mass is 9.98. The van der Waals surface area contributed by atoms with Crippen molar-refractivity contribution in [3.8, 4) is 0 Å². The zero-order valence-corrected chi connectivity index (χ0v) is 27.6. The van der Waals surface area contributed by atoms with Crippen molar-refractivity contribution in [1.82, 2.24) is 19.6 Å². The molecule has 1 atom stereocenters. The fourth-order valence-corrected chi connectivity index (χ4v) is 7.67. The number of amides is 4. The second kappa shape index (κ2) is 14.4. The number of fused-ring (bicyclic) bond motifs is 1. The molecule has 4 heterocycles. The molecule has 260 valence electrons. The molecule has 0 aliphatic carbocycles. The molecule has 4 aliphatic heterocycles. The third kappa shape index (κ3) is 7.62. The number of benzene rings is 2. The van der Waals surface area contributed by atoms with E-state index in [2.05, 4.69) is 10.2 Å². The molecule has 4 aliphatic rings. The summed E-state index contributed by atoms with van der Waals surface area (Å²) in [5.74, 6) is -0.444. The first-order valence-corrected chi connectivity index (χ1v) is 17.1. The van der Waals surface area contributed by atoms with Gasteiger partial charge in [0.2, 0.25) is 0 Å². The van der Waals surface area contributed by atoms with E-state index >= 15 is 0 Å². The average Bonchev–Trinajstić information content (AvgIpc) is 3.09. The van der Waals surface area contributed by atoms with Gasteiger partial charge in [0.15, 0.2) is 6.10 Å². The molecule has 3 fully saturated rings. The molecule has 6 rings (SSSR count). The summed E-state index contributed by atoms with van der Waals surface area (Å²) in [5.41, 5.74) is 5.83. The lowest BCUT2D eigenvalue weighted by molar-refractivity contribution is -0.142. The Balaban J connectivity index is 1.13. The molecule has 0 bridgehead atoms. The molecule has 2 aromatic carbocycles. The van der Waals surface area contributed by atoms with Crippen molar-refractivity contribution in [1.29, 1.82) is 0 Å². The van der Waals surface area contributed by atoms with Crippen LogP contribution in [0.25, 0.3) is 0 Å². The first-order chi connectivity index (χ1) is 23.0. The van der Waals surface area contributed by atoms with E-state index in [0.717, 1.165) is 56.1 Å². The fraction of sp³-hybridized carbons (Fsp3) is 0.559. The number of piperidine rings is 3. The van der Waals surface area contributed by atoms with Gasteiger partial charge in [-0.3, -0.25) is 4.79 Å². The molecule has 0 aromatic heterocycles. The number of halogens is 4. The second-order valence-electron chi connectivity index (χ2n) is 13.2. The predicted octanol–water partition coefficient (Wildman–Crippen LogP) is 5.98. The monoisotopic (exact) mass is 690 g/mol. The number of likely N-dealkylation sites (tertiary alicyclic amines) is 3. The molecule has 2 aromatic rings. The van der Waals surface area contributed by atoms with Gasteiger partial charge in [0.1, 0.15) is 0 Å². The normalized spacial score (nSPS) is 20.7. The summed E-state index contributed by atoms with van der Waals surface area (Å²) in [4.78, 5) is 47.7. The van der Waals surface area contributed by atoms with E-state index in [-0.39, 0.29) is 29.1 Å². The summed E-state index contributed by atoms with van der Waals surface area (Å²) in [6.45, 7) is 4.08. The van der Waals surface area contributed by atoms with Crippen molar-refractivity contribution in [2.75, 3.05) is 50.3 Å². The van der Waals surface area contributed by atoms with E-state index in [1.165, 1.54) is 17.4 Å². The number of para-hydroxylation sites is 1. The van der Waals surface area contributed by atoms with Gasteiger partial charge in [-0.05, 0) is 80.9 Å². The van der Waals surface area contributed by atoms with Crippen LogP contribution >= 0.6 is 11.6 Å². The smallest absolute Gasteiger partial charge is 0.418 e. The second-order valence-corrected chi connectivity index (χ2v) is 13.6. The van der Waals surface area contributed by atoms with Crippen LogP contribution in [0.5, 0.6) is 0 Å². The minimum atomic E-state index is -4.76. The number of hydrogen-bond acceptors (Lipinski definition) is 6. The topological polar surface area (TPSA) is 111 Å². The Bertz CT molecular complexity index is 1500. The van der Waals surface area contributed by atoms with Gasteiger partial charge in [-0.1, -0.05) is 36.2 Å². The molecule has 0 saturated carbocycles. The first kappa shape index (κ1) is 34.2. The van der Waals surface area contributed by atoms with Gasteiger partial charge in [-0.15, -0.1) is 0 Å². The summed E-state index contributed by atoms with van der Waals surface area (Å²) in [7, 11) is 0. The molecule has 14 heteroatoms. The van der Waals surface area contributed by atoms with Gasteiger partial charge in [-0.2, -0.15) is 13.2 Å². The number of nitrogen functional groups attached to an aromatic ring is 1. The van der Waals surface area contributed by atoms with Gasteiger partial charge in [-0.25, -0.2) is 9.59 Å². The molecular formula is C34H42ClF3N6O4. The molecule has 4 amide bonds. The van der Waals surface area contributed by atoms with Crippen LogP contribution in [0.15, 0.2) is 36.4 Å². The maximum Gasteiger partial charge on any atom is 0.418 e. The van der Waals surface area contributed by atoms with Crippen molar-refractivity contribution in [3.63, 3.8) is 0 Å². The van der Waals surface area contributed by atoms with E-state index in [0.29, 0.717) is 51.6 Å². The highest BCUT2D eigenvalue weighted by Crippen LogP contribution is 2.38. The van der Waals surface area contributed by atoms with Gasteiger partial charge in [0, 0.05) is 56.9 Å². The summed E-state index contributed by atoms with van der Waals surface area (Å²) >= 11 is 6.10. The number of rotatable bonds is 6. The number of urea groups is 1. The minimum absolute atomic E-state index is 0.0889. The molecular weight excluding hydrogens is 649 g/mol. The molecule has 3 N–H and O–H groups in total. The van der Waals surface area contributed by atoms with Crippen LogP contribution in [0.2, 0.25) is 5.02 Å². The minimum Gasteiger partial charge on any atom is -0.436 e. The van der Waals surface area contributed by atoms with E-state index < -0.39 is 35.5 Å². The molecule has 0 radical (unpaired) electrons. The van der Waals surface area contributed by atoms with E-state index in [4.69, 9.17) is 22.1 Å². The van der Waals surface area contributed by atoms with Crippen molar-refractivity contribution >= 4 is 41.0 Å². The lowest BCUT2D eigenvalue weighted by Crippen LogP contribution is -2.53. The summed E-state index contributed by atoms with van der Waals surface area (Å²) in [6.07, 6.45) is -0.988. The molecule has 3 saturated heterocycles. The SMILES string of the molecule is Nc1c(Cl)cc(C[C@@H](OC(=O)N2CCC(N3Cc4ccccc4NC3=O)CC2)C(=O)N2CCC(N3CCCCC3)CC2)cc1C(F)(F)F. The highest BCUT2D eigenvalue weighted by Gasteiger charge is 2.38. The van der Waals surface area contributed by atoms with Gasteiger partial charge < -0.3 is 35.4 Å². The Morgan fingerprint density at radius 1 is 0.938 bits per heavy atom. The van der Waals surface area contributed by atoms with Crippen LogP contribution in [0.3, 0.4) is 0 Å². The lowest BCUT2D eigenvalue weighted by Gasteiger charge is -2.41. The quantitative estimate of drug-likeness (QED) is 0.361. The zero-order chi connectivity index (χ0) is 34.0. The van der Waals surface area contributed by atoms with Crippen LogP contribution in [0.1, 0.15) is 61.6 Å². The van der Waals surface area contributed by atoms with Crippen LogP contribution in [0.4, 0.5) is 34.1 Å². The van der Waals surface area contributed by atoms with Crippen molar-refractivity contribution in [2.24, 2.45) is 0 Å². The van der Waals surface area contributed by atoms with Crippen molar-refractivity contribution < 1.29 is 32.3 Å². The largest absolute Gasteiger partial charge is 0.436 e. The molecule has 0 spiro atoms. The highest BCUT2D eigenvalue weighted by atomic mass is 35.5. The van der Waals surface area contributed by atoms with Gasteiger partial charge >= 0.3 is 18.3 Å². The summed E-state index contributed by atoms with van der Waals surface area (Å²) in [5, 5.41) is 2.64. The van der Waals surface area contributed by atoms with Crippen LogP contribution < -0.4 is 11.1 Å². The Labute approximate surface area is 283 Å². The number of ether oxygens (including phenoxy) is 1. The molecule has 0 unspecified atom stereocenters. The number of nitrogens with one attached hydrogen (secondary N) is 1. The van der Waals surface area contributed by atoms with E-state index in [9.17, 15) is 27.6 Å². The van der Waals surface area contributed by atoms with Crippen LogP contribution in [0, 0.1) is 0 Å². The number of nitrogens with two attached hydrogens (primary N) is 1. The average molecular weight is 691 g/mol. The number of anilines is 2. The fourth-order valence-electron chi connectivity index (χ4n) is 7.43. The maximum absolute atomic E-state index is 13.9. The van der Waals surface area contributed by atoms with E-state index in [1.54, 1.807) is 9.80 Å². The van der Waals surface area contributed by atoms with Crippen LogP contribution in [-0.2, 0) is 28.7 Å². The number of alkyl halides is 3. The Morgan fingerprint density at radius 3 is 2.27 bits per heavy atom. The van der Waals surface area contributed by atoms with Crippen LogP contribution in [-0.4, -0.2) is 95.1 Å². The van der Waals surface area contributed by atoms with Crippen molar-refractivity contribution in [3.05, 3.63) is 58.1 Å². The maximum atomic E-state index is 13.9. The van der Waals surface area contributed by atoms with Crippen molar-refractivity contribution in [2.45, 2.75) is 82.3 Å². The third-order valence-electron chi connectivity index (χ3n) is 10.1. The first-order valence-electron chi connectivity index (χ1n) is 16.8. The van der Waals surface area contributed by atoms with Gasteiger partial charge in [0.05, 0.1) is 16.3 Å². The summed E-state index contributed by atoms with van der Waals surface area (Å²) < 4.78 is 47.1. The third-order valence-corrected chi connectivity index (χ3v) is 10.5. The number of hydrogen-bond donors (Lipinski definition) is 2. The van der Waals surface area contributed by atoms with E-state index in [1.807, 2.05) is 24.3 Å². The Kier molecular flexibility index (Phi) is 10.3. The predicted molar refractivity (Wildman–Crippen MR) is 175 cm³/mol. The summed E-state index contributed by atoms with van der Waals surface area (Å²) in [6, 6.07) is 9.85. The zero-order valence-electron chi connectivity index (χ0n) is 26.8. The molecule has 10 nitrogen and oxygen atoms in total. The number of carbonyl (C=O) groups excluding carboxylic acids is 3. The highest BCUT2D eigenvalue weighted by molar-refractivity contribution is 6.33. The Morgan fingerprint density at radius 2 is 1.58 bits per heavy atom. The number of nitrogens with zero attached hydrogens (tertiary/aromatic N) is 4. The number of carbonyl (C=O) groups is 3.